The third kappa shape index (κ3) is 2.71. The molecule has 2 rings (SSSR count). The van der Waals surface area contributed by atoms with E-state index in [0.717, 1.165) is 11.4 Å². The second kappa shape index (κ2) is 5.17. The summed E-state index contributed by atoms with van der Waals surface area (Å²) in [6, 6.07) is 2.29. The standard InChI is InChI=1S/C14H22N4O/c1-9(2)11-6-12-14(19)17(5)13(7-15-10(3)4)16-18(12)8-11/h6,8-10,15H,7H2,1-5H3. The fourth-order valence-electron chi connectivity index (χ4n) is 1.96. The molecule has 0 aliphatic carbocycles. The summed E-state index contributed by atoms with van der Waals surface area (Å²) in [6.45, 7) is 8.96. The molecule has 0 saturated carbocycles. The van der Waals surface area contributed by atoms with E-state index in [1.807, 2.05) is 12.3 Å². The maximum absolute atomic E-state index is 12.3. The molecule has 0 bridgehead atoms. The number of hydrogen-bond donors (Lipinski definition) is 1. The highest BCUT2D eigenvalue weighted by molar-refractivity contribution is 5.48. The summed E-state index contributed by atoms with van der Waals surface area (Å²) in [5, 5.41) is 7.82. The van der Waals surface area contributed by atoms with Gasteiger partial charge in [-0.1, -0.05) is 27.7 Å². The van der Waals surface area contributed by atoms with Crippen molar-refractivity contribution >= 4 is 5.52 Å². The molecule has 0 radical (unpaired) electrons. The first kappa shape index (κ1) is 13.8. The SMILES string of the molecule is CC(C)NCc1nn2cc(C(C)C)cc2c(=O)n1C. The molecule has 2 heterocycles. The normalized spacial score (nSPS) is 11.9. The van der Waals surface area contributed by atoms with Crippen molar-refractivity contribution in [1.82, 2.24) is 19.5 Å². The second-order valence-corrected chi connectivity index (χ2v) is 5.57. The van der Waals surface area contributed by atoms with Gasteiger partial charge in [0, 0.05) is 19.3 Å². The Morgan fingerprint density at radius 2 is 2.00 bits per heavy atom. The maximum atomic E-state index is 12.3. The summed E-state index contributed by atoms with van der Waals surface area (Å²) in [6.07, 6.45) is 1.94. The van der Waals surface area contributed by atoms with Crippen LogP contribution >= 0.6 is 0 Å². The molecule has 2 aromatic heterocycles. The number of nitrogens with one attached hydrogen (secondary N) is 1. The smallest absolute Gasteiger partial charge is 0.277 e. The fourth-order valence-corrected chi connectivity index (χ4v) is 1.96. The molecule has 1 N–H and O–H groups in total. The highest BCUT2D eigenvalue weighted by Gasteiger charge is 2.11. The minimum atomic E-state index is 0.00227. The van der Waals surface area contributed by atoms with Gasteiger partial charge in [-0.2, -0.15) is 5.10 Å². The fraction of sp³-hybridized carbons (Fsp3) is 0.571. The third-order valence-corrected chi connectivity index (χ3v) is 3.29. The van der Waals surface area contributed by atoms with E-state index >= 15 is 0 Å². The molecule has 0 aliphatic rings. The Hall–Kier alpha value is -1.62. The quantitative estimate of drug-likeness (QED) is 0.911. The van der Waals surface area contributed by atoms with Gasteiger partial charge in [-0.25, -0.2) is 4.52 Å². The predicted octanol–water partition coefficient (Wildman–Crippen LogP) is 1.65. The molecule has 0 fully saturated rings. The van der Waals surface area contributed by atoms with E-state index in [9.17, 15) is 4.79 Å². The summed E-state index contributed by atoms with van der Waals surface area (Å²) >= 11 is 0. The molecule has 0 spiro atoms. The molecule has 104 valence electrons. The van der Waals surface area contributed by atoms with Crippen LogP contribution in [-0.2, 0) is 13.6 Å². The summed E-state index contributed by atoms with van der Waals surface area (Å²) < 4.78 is 3.32. The number of hydrogen-bond acceptors (Lipinski definition) is 3. The van der Waals surface area contributed by atoms with Gasteiger partial charge < -0.3 is 5.32 Å². The van der Waals surface area contributed by atoms with Crippen LogP contribution in [0.25, 0.3) is 5.52 Å². The highest BCUT2D eigenvalue weighted by Crippen LogP contribution is 2.15. The topological polar surface area (TPSA) is 51.3 Å². The molecule has 0 aliphatic heterocycles. The van der Waals surface area contributed by atoms with Gasteiger partial charge in [0.05, 0.1) is 6.54 Å². The summed E-state index contributed by atoms with van der Waals surface area (Å²) in [4.78, 5) is 12.3. The van der Waals surface area contributed by atoms with Crippen molar-refractivity contribution in [1.29, 1.82) is 0 Å². The van der Waals surface area contributed by atoms with Crippen molar-refractivity contribution in [3.63, 3.8) is 0 Å². The van der Waals surface area contributed by atoms with Crippen LogP contribution in [0.2, 0.25) is 0 Å². The summed E-state index contributed by atoms with van der Waals surface area (Å²) in [7, 11) is 1.77. The van der Waals surface area contributed by atoms with Gasteiger partial charge in [0.1, 0.15) is 11.3 Å². The Bertz CT molecular complexity index is 637. The average molecular weight is 262 g/mol. The first-order valence-electron chi connectivity index (χ1n) is 6.71. The van der Waals surface area contributed by atoms with Gasteiger partial charge in [-0.05, 0) is 17.5 Å². The van der Waals surface area contributed by atoms with Crippen LogP contribution in [-0.4, -0.2) is 20.2 Å². The molecular weight excluding hydrogens is 240 g/mol. The third-order valence-electron chi connectivity index (χ3n) is 3.29. The predicted molar refractivity (Wildman–Crippen MR) is 76.5 cm³/mol. The lowest BCUT2D eigenvalue weighted by Gasteiger charge is -2.11. The van der Waals surface area contributed by atoms with Gasteiger partial charge in [-0.3, -0.25) is 9.36 Å². The van der Waals surface area contributed by atoms with Crippen molar-refractivity contribution in [3.8, 4) is 0 Å². The van der Waals surface area contributed by atoms with Gasteiger partial charge >= 0.3 is 0 Å². The molecule has 0 amide bonds. The zero-order chi connectivity index (χ0) is 14.2. The van der Waals surface area contributed by atoms with E-state index in [2.05, 4.69) is 38.1 Å². The zero-order valence-corrected chi connectivity index (χ0v) is 12.3. The number of fused-ring (bicyclic) bond motifs is 1. The Labute approximate surface area is 113 Å². The maximum Gasteiger partial charge on any atom is 0.277 e. The van der Waals surface area contributed by atoms with Crippen LogP contribution in [0.15, 0.2) is 17.1 Å². The summed E-state index contributed by atoms with van der Waals surface area (Å²) in [5.41, 5.74) is 1.78. The van der Waals surface area contributed by atoms with Crippen molar-refractivity contribution in [2.75, 3.05) is 0 Å². The minimum Gasteiger partial charge on any atom is -0.308 e. The van der Waals surface area contributed by atoms with Gasteiger partial charge in [0.15, 0.2) is 0 Å². The molecule has 5 nitrogen and oxygen atoms in total. The van der Waals surface area contributed by atoms with E-state index in [1.165, 1.54) is 0 Å². The van der Waals surface area contributed by atoms with E-state index < -0.39 is 0 Å². The number of aromatic nitrogens is 3. The lowest BCUT2D eigenvalue weighted by Crippen LogP contribution is -2.30. The van der Waals surface area contributed by atoms with E-state index in [0.29, 0.717) is 24.0 Å². The monoisotopic (exact) mass is 262 g/mol. The van der Waals surface area contributed by atoms with Gasteiger partial charge in [0.25, 0.3) is 5.56 Å². The molecule has 5 heteroatoms. The van der Waals surface area contributed by atoms with E-state index in [-0.39, 0.29) is 5.56 Å². The van der Waals surface area contributed by atoms with Crippen LogP contribution in [0.3, 0.4) is 0 Å². The van der Waals surface area contributed by atoms with Crippen LogP contribution in [0.5, 0.6) is 0 Å². The Morgan fingerprint density at radius 3 is 2.58 bits per heavy atom. The molecule has 0 aromatic carbocycles. The number of rotatable bonds is 4. The average Bonchev–Trinajstić information content (AvgIpc) is 2.76. The zero-order valence-electron chi connectivity index (χ0n) is 12.3. The lowest BCUT2D eigenvalue weighted by atomic mass is 10.1. The van der Waals surface area contributed by atoms with Crippen LogP contribution in [0.1, 0.15) is 45.0 Å². The van der Waals surface area contributed by atoms with Crippen molar-refractivity contribution < 1.29 is 0 Å². The molecule has 2 aromatic rings. The van der Waals surface area contributed by atoms with Crippen LogP contribution in [0.4, 0.5) is 0 Å². The lowest BCUT2D eigenvalue weighted by molar-refractivity contribution is 0.540. The second-order valence-electron chi connectivity index (χ2n) is 5.57. The molecule has 0 saturated heterocycles. The van der Waals surface area contributed by atoms with Crippen LogP contribution < -0.4 is 10.9 Å². The summed E-state index contributed by atoms with van der Waals surface area (Å²) in [5.74, 6) is 1.14. The van der Waals surface area contributed by atoms with Crippen LogP contribution in [0, 0.1) is 0 Å². The Balaban J connectivity index is 2.50. The molecule has 0 unspecified atom stereocenters. The van der Waals surface area contributed by atoms with Crippen molar-refractivity contribution in [3.05, 3.63) is 34.0 Å². The van der Waals surface area contributed by atoms with E-state index in [4.69, 9.17) is 0 Å². The van der Waals surface area contributed by atoms with Crippen molar-refractivity contribution in [2.45, 2.75) is 46.2 Å². The first-order chi connectivity index (χ1) is 8.90. The van der Waals surface area contributed by atoms with Crippen molar-refractivity contribution in [2.24, 2.45) is 7.05 Å². The van der Waals surface area contributed by atoms with Gasteiger partial charge in [0.2, 0.25) is 0 Å². The van der Waals surface area contributed by atoms with Gasteiger partial charge in [-0.15, -0.1) is 0 Å². The highest BCUT2D eigenvalue weighted by atomic mass is 16.1. The number of nitrogens with zero attached hydrogens (tertiary/aromatic N) is 3. The first-order valence-corrected chi connectivity index (χ1v) is 6.71. The molecule has 19 heavy (non-hydrogen) atoms. The largest absolute Gasteiger partial charge is 0.308 e. The molecular formula is C14H22N4O. The minimum absolute atomic E-state index is 0.00227. The molecule has 0 atom stereocenters. The van der Waals surface area contributed by atoms with E-state index in [1.54, 1.807) is 16.1 Å². The Kier molecular flexibility index (Phi) is 3.75. The Morgan fingerprint density at radius 1 is 1.32 bits per heavy atom.